The van der Waals surface area contributed by atoms with E-state index in [2.05, 4.69) is 0 Å². The van der Waals surface area contributed by atoms with E-state index < -0.39 is 24.1 Å². The molecule has 6 heteroatoms. The van der Waals surface area contributed by atoms with Crippen LogP contribution in [0.25, 0.3) is 0 Å². The van der Waals surface area contributed by atoms with Crippen LogP contribution < -0.4 is 9.47 Å². The fourth-order valence-corrected chi connectivity index (χ4v) is 7.78. The Balaban J connectivity index is 1.30. The lowest BCUT2D eigenvalue weighted by Gasteiger charge is -2.42. The molecular formula is C28H30O6. The highest BCUT2D eigenvalue weighted by atomic mass is 16.6. The molecule has 4 aliphatic carbocycles. The summed E-state index contributed by atoms with van der Waals surface area (Å²) in [6.45, 7) is 0. The van der Waals surface area contributed by atoms with Crippen molar-refractivity contribution in [2.75, 3.05) is 14.2 Å². The highest BCUT2D eigenvalue weighted by Gasteiger charge is 2.68. The maximum Gasteiger partial charge on any atom is 0.342 e. The molecule has 0 N–H and O–H groups in total. The minimum Gasteiger partial charge on any atom is -0.496 e. The number of carbonyl (C=O) groups excluding carboxylic acids is 2. The normalized spacial score (nSPS) is 34.5. The molecule has 6 nitrogen and oxygen atoms in total. The van der Waals surface area contributed by atoms with Crippen LogP contribution in [0.5, 0.6) is 11.5 Å². The van der Waals surface area contributed by atoms with E-state index in [1.807, 2.05) is 12.1 Å². The summed E-state index contributed by atoms with van der Waals surface area (Å²) in [5.41, 5.74) is 0.791. The Kier molecular flexibility index (Phi) is 5.27. The molecule has 0 aromatic heterocycles. The monoisotopic (exact) mass is 462 g/mol. The number of methoxy groups -OCH3 is 2. The summed E-state index contributed by atoms with van der Waals surface area (Å²) in [5, 5.41) is 0. The fraction of sp³-hybridized carbons (Fsp3) is 0.500. The fourth-order valence-electron chi connectivity index (χ4n) is 7.78. The summed E-state index contributed by atoms with van der Waals surface area (Å²) >= 11 is 0. The Morgan fingerprint density at radius 1 is 0.676 bits per heavy atom. The Labute approximate surface area is 199 Å². The van der Waals surface area contributed by atoms with Gasteiger partial charge in [-0.25, -0.2) is 9.59 Å². The second-order valence-electron chi connectivity index (χ2n) is 10.2. The average Bonchev–Trinajstić information content (AvgIpc) is 3.64. The molecule has 4 fully saturated rings. The van der Waals surface area contributed by atoms with Gasteiger partial charge in [-0.3, -0.25) is 0 Å². The van der Waals surface area contributed by atoms with E-state index in [1.165, 1.54) is 19.3 Å². The molecule has 0 heterocycles. The van der Waals surface area contributed by atoms with E-state index >= 15 is 0 Å². The maximum absolute atomic E-state index is 13.2. The first kappa shape index (κ1) is 21.5. The number of hydrogen-bond acceptors (Lipinski definition) is 6. The van der Waals surface area contributed by atoms with E-state index in [0.29, 0.717) is 46.3 Å². The van der Waals surface area contributed by atoms with Gasteiger partial charge in [0.2, 0.25) is 0 Å². The number of benzene rings is 2. The Morgan fingerprint density at radius 3 is 1.56 bits per heavy atom. The molecule has 0 aliphatic heterocycles. The van der Waals surface area contributed by atoms with Gasteiger partial charge < -0.3 is 18.9 Å². The number of fused-ring (bicyclic) bond motifs is 9. The highest BCUT2D eigenvalue weighted by Crippen LogP contribution is 2.68. The van der Waals surface area contributed by atoms with Crippen LogP contribution in [-0.4, -0.2) is 38.4 Å². The van der Waals surface area contributed by atoms with E-state index in [-0.39, 0.29) is 11.8 Å². The zero-order valence-electron chi connectivity index (χ0n) is 19.5. The standard InChI is InChI=1S/C28H30O6/c1-31-21-9-5-3-7-17(21)27(29)33-25-19-14-20(24-16-12-11-15(13-16)23(19)24)26(25)34-28(30)18-8-4-6-10-22(18)32-2/h3-10,15-16,19-20,23-26H,11-14H2,1-2H3. The Bertz CT molecular complexity index is 1030. The third-order valence-corrected chi connectivity index (χ3v) is 8.89. The molecule has 8 unspecified atom stereocenters. The molecule has 0 spiro atoms. The molecule has 8 atom stereocenters. The molecule has 2 aromatic carbocycles. The summed E-state index contributed by atoms with van der Waals surface area (Å²) in [6.07, 6.45) is 3.88. The van der Waals surface area contributed by atoms with Crippen LogP contribution in [0.15, 0.2) is 48.5 Å². The summed E-state index contributed by atoms with van der Waals surface area (Å²) in [6, 6.07) is 14.2. The molecule has 34 heavy (non-hydrogen) atoms. The van der Waals surface area contributed by atoms with E-state index in [0.717, 1.165) is 6.42 Å². The molecule has 6 rings (SSSR count). The average molecular weight is 463 g/mol. The van der Waals surface area contributed by atoms with Crippen molar-refractivity contribution in [2.24, 2.45) is 35.5 Å². The van der Waals surface area contributed by atoms with Crippen LogP contribution in [0.3, 0.4) is 0 Å². The van der Waals surface area contributed by atoms with E-state index in [9.17, 15) is 9.59 Å². The first-order valence-corrected chi connectivity index (χ1v) is 12.3. The molecular weight excluding hydrogens is 432 g/mol. The Hall–Kier alpha value is -3.02. The highest BCUT2D eigenvalue weighted by molar-refractivity contribution is 5.93. The van der Waals surface area contributed by atoms with Crippen LogP contribution in [0.2, 0.25) is 0 Å². The number of para-hydroxylation sites is 2. The van der Waals surface area contributed by atoms with Gasteiger partial charge >= 0.3 is 11.9 Å². The molecule has 0 radical (unpaired) electrons. The van der Waals surface area contributed by atoms with Gasteiger partial charge in [-0.2, -0.15) is 0 Å². The zero-order valence-corrected chi connectivity index (χ0v) is 19.5. The van der Waals surface area contributed by atoms with Crippen molar-refractivity contribution in [3.63, 3.8) is 0 Å². The van der Waals surface area contributed by atoms with Crippen molar-refractivity contribution in [1.29, 1.82) is 0 Å². The molecule has 0 amide bonds. The van der Waals surface area contributed by atoms with Gasteiger partial charge in [-0.15, -0.1) is 0 Å². The van der Waals surface area contributed by atoms with Crippen molar-refractivity contribution < 1.29 is 28.5 Å². The number of carbonyl (C=O) groups is 2. The predicted octanol–water partition coefficient (Wildman–Crippen LogP) is 4.77. The summed E-state index contributed by atoms with van der Waals surface area (Å²) in [7, 11) is 3.09. The van der Waals surface area contributed by atoms with Crippen molar-refractivity contribution in [3.05, 3.63) is 59.7 Å². The summed E-state index contributed by atoms with van der Waals surface area (Å²) < 4.78 is 23.1. The first-order valence-electron chi connectivity index (χ1n) is 12.3. The number of rotatable bonds is 6. The molecule has 4 bridgehead atoms. The number of hydrogen-bond donors (Lipinski definition) is 0. The van der Waals surface area contributed by atoms with Gasteiger partial charge in [0.05, 0.1) is 14.2 Å². The minimum atomic E-state index is -0.443. The Morgan fingerprint density at radius 2 is 1.12 bits per heavy atom. The predicted molar refractivity (Wildman–Crippen MR) is 124 cm³/mol. The second-order valence-corrected chi connectivity index (χ2v) is 10.2. The zero-order chi connectivity index (χ0) is 23.4. The topological polar surface area (TPSA) is 71.1 Å². The van der Waals surface area contributed by atoms with Crippen molar-refractivity contribution in [3.8, 4) is 11.5 Å². The third kappa shape index (κ3) is 3.22. The van der Waals surface area contributed by atoms with Crippen molar-refractivity contribution in [1.82, 2.24) is 0 Å². The van der Waals surface area contributed by atoms with Crippen LogP contribution >= 0.6 is 0 Å². The van der Waals surface area contributed by atoms with Crippen LogP contribution in [0.1, 0.15) is 46.4 Å². The summed E-state index contributed by atoms with van der Waals surface area (Å²) in [4.78, 5) is 26.5. The van der Waals surface area contributed by atoms with Gasteiger partial charge in [0, 0.05) is 11.8 Å². The number of esters is 2. The van der Waals surface area contributed by atoms with Gasteiger partial charge in [0.1, 0.15) is 34.8 Å². The minimum absolute atomic E-state index is 0.236. The lowest BCUT2D eigenvalue weighted by Crippen LogP contribution is -2.48. The lowest BCUT2D eigenvalue weighted by atomic mass is 9.69. The molecule has 2 aromatic rings. The SMILES string of the molecule is COc1ccccc1C(=O)OC1C2CC(C1OC(=O)c1ccccc1OC)C1C3CCC(C3)C21. The van der Waals surface area contributed by atoms with Gasteiger partial charge in [-0.05, 0) is 73.6 Å². The second kappa shape index (κ2) is 8.33. The first-order chi connectivity index (χ1) is 16.6. The smallest absolute Gasteiger partial charge is 0.342 e. The molecule has 4 aliphatic rings. The van der Waals surface area contributed by atoms with Gasteiger partial charge in [-0.1, -0.05) is 24.3 Å². The maximum atomic E-state index is 13.2. The van der Waals surface area contributed by atoms with E-state index in [1.54, 1.807) is 50.6 Å². The lowest BCUT2D eigenvalue weighted by molar-refractivity contribution is -0.0892. The van der Waals surface area contributed by atoms with Gasteiger partial charge in [0.25, 0.3) is 0 Å². The van der Waals surface area contributed by atoms with Crippen LogP contribution in [-0.2, 0) is 9.47 Å². The van der Waals surface area contributed by atoms with Crippen molar-refractivity contribution in [2.45, 2.75) is 37.9 Å². The molecule has 4 saturated carbocycles. The number of ether oxygens (including phenoxy) is 4. The van der Waals surface area contributed by atoms with Crippen LogP contribution in [0.4, 0.5) is 0 Å². The third-order valence-electron chi connectivity index (χ3n) is 8.89. The van der Waals surface area contributed by atoms with Gasteiger partial charge in [0.15, 0.2) is 0 Å². The summed E-state index contributed by atoms with van der Waals surface area (Å²) in [5.74, 6) is 3.15. The van der Waals surface area contributed by atoms with Crippen molar-refractivity contribution >= 4 is 11.9 Å². The molecule has 0 saturated heterocycles. The molecule has 178 valence electrons. The largest absolute Gasteiger partial charge is 0.496 e. The van der Waals surface area contributed by atoms with E-state index in [4.69, 9.17) is 18.9 Å². The quantitative estimate of drug-likeness (QED) is 0.455. The van der Waals surface area contributed by atoms with Crippen LogP contribution in [0, 0.1) is 35.5 Å².